The number of fused-ring (bicyclic) bond motifs is 4. The Morgan fingerprint density at radius 3 is 2.28 bits per heavy atom. The van der Waals surface area contributed by atoms with Crippen LogP contribution in [0.3, 0.4) is 0 Å². The van der Waals surface area contributed by atoms with Gasteiger partial charge in [-0.15, -0.1) is 0 Å². The fourth-order valence-electron chi connectivity index (χ4n) is 2.80. The maximum absolute atomic E-state index is 12.5. The van der Waals surface area contributed by atoms with E-state index in [1.165, 1.54) is 5.56 Å². The minimum atomic E-state index is -3.78. The van der Waals surface area contributed by atoms with Gasteiger partial charge in [-0.2, -0.15) is 8.42 Å². The highest BCUT2D eigenvalue weighted by atomic mass is 127. The van der Waals surface area contributed by atoms with Crippen molar-refractivity contribution in [2.24, 2.45) is 0 Å². The fourth-order valence-corrected chi connectivity index (χ4v) is 6.91. The average molecular weight is 484 g/mol. The van der Waals surface area contributed by atoms with Crippen LogP contribution in [0, 0.1) is 10.5 Å². The van der Waals surface area contributed by atoms with Crippen molar-refractivity contribution in [3.8, 4) is 22.3 Å². The quantitative estimate of drug-likeness (QED) is 0.416. The van der Waals surface area contributed by atoms with Crippen LogP contribution in [0.15, 0.2) is 65.6 Å². The maximum Gasteiger partial charge on any atom is 0.543 e. The molecule has 3 aromatic carbocycles. The normalized spacial score (nSPS) is 12.2. The van der Waals surface area contributed by atoms with E-state index in [9.17, 15) is 8.42 Å². The van der Waals surface area contributed by atoms with E-state index in [-0.39, 0.29) is 4.90 Å². The molecular formula is C19H13ClIO3S+. The molecule has 0 spiro atoms. The highest BCUT2D eigenvalue weighted by Crippen LogP contribution is 2.47. The summed E-state index contributed by atoms with van der Waals surface area (Å²) in [6.07, 6.45) is 0. The van der Waals surface area contributed by atoms with Gasteiger partial charge in [0.15, 0.2) is 0 Å². The molecule has 4 rings (SSSR count). The zero-order chi connectivity index (χ0) is 17.6. The Bertz CT molecular complexity index is 1080. The SMILES string of the molecule is Cc1ccc(S(=O)(=O)O[I+]c2c(Cl)ccc3c2-c2ccccc2-3)cc1. The molecule has 6 heteroatoms. The molecule has 0 unspecified atom stereocenters. The van der Waals surface area contributed by atoms with Gasteiger partial charge in [-0.25, -0.2) is 0 Å². The Kier molecular flexibility index (Phi) is 4.35. The van der Waals surface area contributed by atoms with Gasteiger partial charge in [-0.1, -0.05) is 59.6 Å². The monoisotopic (exact) mass is 483 g/mol. The van der Waals surface area contributed by atoms with E-state index < -0.39 is 31.7 Å². The zero-order valence-corrected chi connectivity index (χ0v) is 16.9. The van der Waals surface area contributed by atoms with Crippen LogP contribution in [0.5, 0.6) is 0 Å². The van der Waals surface area contributed by atoms with Gasteiger partial charge in [0.05, 0.1) is 9.92 Å². The van der Waals surface area contributed by atoms with Gasteiger partial charge in [0.1, 0.15) is 0 Å². The molecule has 25 heavy (non-hydrogen) atoms. The topological polar surface area (TPSA) is 43.4 Å². The van der Waals surface area contributed by atoms with E-state index in [4.69, 9.17) is 14.1 Å². The molecule has 0 N–H and O–H groups in total. The minimum absolute atomic E-state index is 0.170. The molecule has 0 heterocycles. The number of halogens is 2. The molecule has 0 radical (unpaired) electrons. The molecule has 1 aliphatic rings. The standard InChI is InChI=1S/C19H13ClIO3S/c1-12-6-8-13(9-7-12)25(22,23)24-21-19-17(20)11-10-16-14-4-2-3-5-15(14)18(16)19/h2-11H,1H3/q+1. The van der Waals surface area contributed by atoms with Gasteiger partial charge in [-0.05, 0) is 44.3 Å². The van der Waals surface area contributed by atoms with Crippen LogP contribution in [-0.2, 0) is 12.6 Å². The lowest BCUT2D eigenvalue weighted by Crippen LogP contribution is -3.62. The highest BCUT2D eigenvalue weighted by Gasteiger charge is 2.37. The Morgan fingerprint density at radius 2 is 1.56 bits per heavy atom. The summed E-state index contributed by atoms with van der Waals surface area (Å²) in [7, 11) is -3.78. The predicted octanol–water partition coefficient (Wildman–Crippen LogP) is 1.87. The fraction of sp³-hybridized carbons (Fsp3) is 0.0526. The van der Waals surface area contributed by atoms with Crippen molar-refractivity contribution in [1.29, 1.82) is 0 Å². The summed E-state index contributed by atoms with van der Waals surface area (Å²) < 4.78 is 31.1. The minimum Gasteiger partial charge on any atom is -0.190 e. The third kappa shape index (κ3) is 2.99. The molecular weight excluding hydrogens is 471 g/mol. The van der Waals surface area contributed by atoms with Crippen molar-refractivity contribution in [1.82, 2.24) is 0 Å². The van der Waals surface area contributed by atoms with Gasteiger partial charge < -0.3 is 0 Å². The summed E-state index contributed by atoms with van der Waals surface area (Å²) in [4.78, 5) is 0.170. The van der Waals surface area contributed by atoms with E-state index in [2.05, 4.69) is 6.07 Å². The van der Waals surface area contributed by atoms with Crippen LogP contribution in [-0.4, -0.2) is 8.42 Å². The zero-order valence-electron chi connectivity index (χ0n) is 13.2. The number of hydrogen-bond acceptors (Lipinski definition) is 3. The largest absolute Gasteiger partial charge is 0.543 e. The first kappa shape index (κ1) is 17.0. The Labute approximate surface area is 162 Å². The van der Waals surface area contributed by atoms with E-state index in [0.717, 1.165) is 25.8 Å². The van der Waals surface area contributed by atoms with Crippen molar-refractivity contribution >= 4 is 21.7 Å². The predicted molar refractivity (Wildman–Crippen MR) is 94.0 cm³/mol. The third-order valence-electron chi connectivity index (χ3n) is 4.08. The summed E-state index contributed by atoms with van der Waals surface area (Å²) in [5.41, 5.74) is 5.39. The molecule has 3 nitrogen and oxygen atoms in total. The van der Waals surface area contributed by atoms with Crippen LogP contribution in [0.1, 0.15) is 5.56 Å². The molecule has 0 aromatic heterocycles. The maximum atomic E-state index is 12.5. The first-order chi connectivity index (χ1) is 12.0. The molecule has 126 valence electrons. The summed E-state index contributed by atoms with van der Waals surface area (Å²) in [6, 6.07) is 18.5. The van der Waals surface area contributed by atoms with E-state index in [1.807, 2.05) is 37.3 Å². The van der Waals surface area contributed by atoms with Gasteiger partial charge in [0.2, 0.25) is 0 Å². The van der Waals surface area contributed by atoms with Gasteiger partial charge in [0.25, 0.3) is 3.57 Å². The third-order valence-corrected chi connectivity index (χ3v) is 9.32. The molecule has 1 aliphatic carbocycles. The van der Waals surface area contributed by atoms with Crippen LogP contribution in [0.4, 0.5) is 0 Å². The molecule has 0 saturated heterocycles. The number of hydrogen-bond donors (Lipinski definition) is 0. The molecule has 3 aromatic rings. The molecule has 0 atom stereocenters. The second-order valence-electron chi connectivity index (χ2n) is 5.74. The molecule has 0 bridgehead atoms. The van der Waals surface area contributed by atoms with Crippen molar-refractivity contribution in [3.05, 3.63) is 74.8 Å². The van der Waals surface area contributed by atoms with Crippen LogP contribution in [0.25, 0.3) is 22.3 Å². The molecule has 0 aliphatic heterocycles. The average Bonchev–Trinajstić information content (AvgIpc) is 2.59. The Hall–Kier alpha value is -1.41. The van der Waals surface area contributed by atoms with E-state index >= 15 is 0 Å². The highest BCUT2D eigenvalue weighted by molar-refractivity contribution is 7.86. The van der Waals surface area contributed by atoms with E-state index in [1.54, 1.807) is 24.3 Å². The number of rotatable bonds is 4. The summed E-state index contributed by atoms with van der Waals surface area (Å²) >= 11 is 5.10. The summed E-state index contributed by atoms with van der Waals surface area (Å²) in [6.45, 7) is 1.91. The van der Waals surface area contributed by atoms with Gasteiger partial charge in [-0.3, -0.25) is 0 Å². The smallest absolute Gasteiger partial charge is 0.190 e. The second-order valence-corrected chi connectivity index (χ2v) is 10.2. The van der Waals surface area contributed by atoms with Crippen LogP contribution in [0.2, 0.25) is 5.02 Å². The van der Waals surface area contributed by atoms with Crippen molar-refractivity contribution < 1.29 is 32.6 Å². The molecule has 0 amide bonds. The lowest BCUT2D eigenvalue weighted by Gasteiger charge is -2.22. The number of aryl methyl sites for hydroxylation is 1. The second kappa shape index (κ2) is 6.39. The molecule has 0 saturated carbocycles. The van der Waals surface area contributed by atoms with Crippen LogP contribution < -0.4 is 21.6 Å². The van der Waals surface area contributed by atoms with Crippen molar-refractivity contribution in [2.75, 3.05) is 0 Å². The Morgan fingerprint density at radius 1 is 0.880 bits per heavy atom. The summed E-state index contributed by atoms with van der Waals surface area (Å²) in [5.74, 6) is 0. The van der Waals surface area contributed by atoms with Gasteiger partial charge in [0, 0.05) is 5.56 Å². The lowest BCUT2D eigenvalue weighted by atomic mass is 9.81. The number of benzene rings is 3. The van der Waals surface area contributed by atoms with Gasteiger partial charge >= 0.3 is 31.7 Å². The van der Waals surface area contributed by atoms with Crippen molar-refractivity contribution in [3.63, 3.8) is 0 Å². The van der Waals surface area contributed by atoms with Crippen LogP contribution >= 0.6 is 11.6 Å². The first-order valence-corrected chi connectivity index (χ1v) is 11.3. The molecule has 0 fully saturated rings. The van der Waals surface area contributed by atoms with Crippen molar-refractivity contribution in [2.45, 2.75) is 11.8 Å². The lowest BCUT2D eigenvalue weighted by molar-refractivity contribution is -0.836. The Balaban J connectivity index is 1.65. The summed E-state index contributed by atoms with van der Waals surface area (Å²) in [5, 5.41) is 0.556. The first-order valence-electron chi connectivity index (χ1n) is 7.55. The van der Waals surface area contributed by atoms with E-state index in [0.29, 0.717) is 5.02 Å².